The quantitative estimate of drug-likeness (QED) is 0.775. The third kappa shape index (κ3) is 4.20. The lowest BCUT2D eigenvalue weighted by Crippen LogP contribution is -2.30. The van der Waals surface area contributed by atoms with Crippen LogP contribution in [0.1, 0.15) is 41.5 Å². The SMILES string of the molecule is CC(C)(C)n1cc(C(=O)Nc2ccccc2C(=O)NCCN)cn1. The molecule has 24 heavy (non-hydrogen) atoms. The van der Waals surface area contributed by atoms with E-state index in [2.05, 4.69) is 15.7 Å². The number of anilines is 1. The van der Waals surface area contributed by atoms with E-state index in [9.17, 15) is 9.59 Å². The number of nitrogens with two attached hydrogens (primary N) is 1. The van der Waals surface area contributed by atoms with Crippen molar-refractivity contribution >= 4 is 17.5 Å². The molecular formula is C17H23N5O2. The second-order valence-electron chi connectivity index (χ2n) is 6.39. The largest absolute Gasteiger partial charge is 0.351 e. The summed E-state index contributed by atoms with van der Waals surface area (Å²) in [6.45, 7) is 6.72. The second-order valence-corrected chi connectivity index (χ2v) is 6.39. The van der Waals surface area contributed by atoms with Crippen LogP contribution in [0.25, 0.3) is 0 Å². The summed E-state index contributed by atoms with van der Waals surface area (Å²) in [5.74, 6) is -0.591. The van der Waals surface area contributed by atoms with Crippen molar-refractivity contribution in [3.05, 3.63) is 47.8 Å². The van der Waals surface area contributed by atoms with Gasteiger partial charge in [0.1, 0.15) is 0 Å². The summed E-state index contributed by atoms with van der Waals surface area (Å²) in [7, 11) is 0. The molecule has 0 saturated carbocycles. The Labute approximate surface area is 141 Å². The number of nitrogens with one attached hydrogen (secondary N) is 2. The molecule has 7 nitrogen and oxygen atoms in total. The average molecular weight is 329 g/mol. The summed E-state index contributed by atoms with van der Waals surface area (Å²) in [5.41, 5.74) is 6.45. The van der Waals surface area contributed by atoms with Crippen LogP contribution in [-0.2, 0) is 5.54 Å². The van der Waals surface area contributed by atoms with Crippen molar-refractivity contribution in [2.45, 2.75) is 26.3 Å². The number of amides is 2. The minimum Gasteiger partial charge on any atom is -0.351 e. The number of carbonyl (C=O) groups excluding carboxylic acids is 2. The third-order valence-electron chi connectivity index (χ3n) is 3.38. The van der Waals surface area contributed by atoms with Gasteiger partial charge in [-0.05, 0) is 32.9 Å². The fraction of sp³-hybridized carbons (Fsp3) is 0.353. The molecular weight excluding hydrogens is 306 g/mol. The maximum Gasteiger partial charge on any atom is 0.258 e. The fourth-order valence-corrected chi connectivity index (χ4v) is 2.07. The zero-order valence-electron chi connectivity index (χ0n) is 14.2. The van der Waals surface area contributed by atoms with E-state index in [4.69, 9.17) is 5.73 Å². The van der Waals surface area contributed by atoms with Gasteiger partial charge in [-0.15, -0.1) is 0 Å². The van der Waals surface area contributed by atoms with E-state index in [1.165, 1.54) is 6.20 Å². The smallest absolute Gasteiger partial charge is 0.258 e. The minimum atomic E-state index is -0.315. The Morgan fingerprint density at radius 2 is 1.92 bits per heavy atom. The van der Waals surface area contributed by atoms with Gasteiger partial charge in [-0.3, -0.25) is 14.3 Å². The van der Waals surface area contributed by atoms with Crippen LogP contribution < -0.4 is 16.4 Å². The van der Waals surface area contributed by atoms with Crippen molar-refractivity contribution in [3.8, 4) is 0 Å². The predicted octanol–water partition coefficient (Wildman–Crippen LogP) is 1.58. The molecule has 1 aromatic heterocycles. The molecule has 0 atom stereocenters. The topological polar surface area (TPSA) is 102 Å². The first-order chi connectivity index (χ1) is 11.3. The van der Waals surface area contributed by atoms with Crippen molar-refractivity contribution in [3.63, 3.8) is 0 Å². The van der Waals surface area contributed by atoms with Gasteiger partial charge in [-0.25, -0.2) is 0 Å². The van der Waals surface area contributed by atoms with Crippen LogP contribution in [0.5, 0.6) is 0 Å². The van der Waals surface area contributed by atoms with E-state index in [0.29, 0.717) is 29.9 Å². The predicted molar refractivity (Wildman–Crippen MR) is 93.0 cm³/mol. The first-order valence-electron chi connectivity index (χ1n) is 7.76. The normalized spacial score (nSPS) is 11.2. The molecule has 0 spiro atoms. The monoisotopic (exact) mass is 329 g/mol. The lowest BCUT2D eigenvalue weighted by molar-refractivity contribution is 0.0955. The molecule has 2 aromatic rings. The molecule has 7 heteroatoms. The van der Waals surface area contributed by atoms with Crippen molar-refractivity contribution in [1.82, 2.24) is 15.1 Å². The van der Waals surface area contributed by atoms with E-state index in [0.717, 1.165) is 0 Å². The first kappa shape index (κ1) is 17.7. The van der Waals surface area contributed by atoms with Crippen LogP contribution in [0, 0.1) is 0 Å². The van der Waals surface area contributed by atoms with Crippen LogP contribution in [0.3, 0.4) is 0 Å². The summed E-state index contributed by atoms with van der Waals surface area (Å²) >= 11 is 0. The van der Waals surface area contributed by atoms with E-state index in [-0.39, 0.29) is 17.4 Å². The Hall–Kier alpha value is -2.67. The maximum absolute atomic E-state index is 12.4. The summed E-state index contributed by atoms with van der Waals surface area (Å²) in [6.07, 6.45) is 3.20. The number of nitrogens with zero attached hydrogens (tertiary/aromatic N) is 2. The zero-order valence-corrected chi connectivity index (χ0v) is 14.2. The Kier molecular flexibility index (Phi) is 5.35. The van der Waals surface area contributed by atoms with Gasteiger partial charge in [0.25, 0.3) is 11.8 Å². The summed E-state index contributed by atoms with van der Waals surface area (Å²) in [5, 5.41) is 9.67. The van der Waals surface area contributed by atoms with Crippen LogP contribution in [0.15, 0.2) is 36.7 Å². The Morgan fingerprint density at radius 1 is 1.21 bits per heavy atom. The van der Waals surface area contributed by atoms with Gasteiger partial charge in [0.15, 0.2) is 0 Å². The van der Waals surface area contributed by atoms with Crippen molar-refractivity contribution < 1.29 is 9.59 Å². The Balaban J connectivity index is 2.17. The van der Waals surface area contributed by atoms with Crippen LogP contribution in [-0.4, -0.2) is 34.7 Å². The lowest BCUT2D eigenvalue weighted by atomic mass is 10.1. The van der Waals surface area contributed by atoms with Gasteiger partial charge in [0, 0.05) is 19.3 Å². The highest BCUT2D eigenvalue weighted by molar-refractivity contribution is 6.08. The number of hydrogen-bond donors (Lipinski definition) is 3. The number of para-hydroxylation sites is 1. The maximum atomic E-state index is 12.4. The molecule has 0 aliphatic heterocycles. The molecule has 1 heterocycles. The highest BCUT2D eigenvalue weighted by Crippen LogP contribution is 2.17. The van der Waals surface area contributed by atoms with Crippen molar-refractivity contribution in [2.75, 3.05) is 18.4 Å². The van der Waals surface area contributed by atoms with E-state index < -0.39 is 0 Å². The van der Waals surface area contributed by atoms with Gasteiger partial charge in [0.05, 0.1) is 28.6 Å². The van der Waals surface area contributed by atoms with Crippen LogP contribution in [0.4, 0.5) is 5.69 Å². The molecule has 0 unspecified atom stereocenters. The second kappa shape index (κ2) is 7.27. The van der Waals surface area contributed by atoms with E-state index >= 15 is 0 Å². The van der Waals surface area contributed by atoms with Crippen LogP contribution in [0.2, 0.25) is 0 Å². The standard InChI is InChI=1S/C17H23N5O2/c1-17(2,3)22-11-12(10-20-22)15(23)21-14-7-5-4-6-13(14)16(24)19-9-8-18/h4-7,10-11H,8-9,18H2,1-3H3,(H,19,24)(H,21,23). The molecule has 2 rings (SSSR count). The van der Waals surface area contributed by atoms with E-state index in [1.54, 1.807) is 35.1 Å². The third-order valence-corrected chi connectivity index (χ3v) is 3.38. The summed E-state index contributed by atoms with van der Waals surface area (Å²) in [6, 6.07) is 6.84. The minimum absolute atomic E-state index is 0.210. The van der Waals surface area contributed by atoms with Gasteiger partial charge in [-0.2, -0.15) is 5.10 Å². The number of benzene rings is 1. The number of rotatable bonds is 5. The van der Waals surface area contributed by atoms with Gasteiger partial charge >= 0.3 is 0 Å². The van der Waals surface area contributed by atoms with Gasteiger partial charge < -0.3 is 16.4 Å². The summed E-state index contributed by atoms with van der Waals surface area (Å²) in [4.78, 5) is 24.6. The number of carbonyl (C=O) groups is 2. The fourth-order valence-electron chi connectivity index (χ4n) is 2.07. The van der Waals surface area contributed by atoms with Crippen molar-refractivity contribution in [2.24, 2.45) is 5.73 Å². The molecule has 0 aliphatic carbocycles. The molecule has 0 radical (unpaired) electrons. The van der Waals surface area contributed by atoms with Gasteiger partial charge in [0.2, 0.25) is 0 Å². The van der Waals surface area contributed by atoms with E-state index in [1.807, 2.05) is 20.8 Å². The zero-order chi connectivity index (χ0) is 17.7. The Morgan fingerprint density at radius 3 is 2.54 bits per heavy atom. The molecule has 0 fully saturated rings. The molecule has 1 aromatic carbocycles. The van der Waals surface area contributed by atoms with Gasteiger partial charge in [-0.1, -0.05) is 12.1 Å². The lowest BCUT2D eigenvalue weighted by Gasteiger charge is -2.18. The number of hydrogen-bond acceptors (Lipinski definition) is 4. The first-order valence-corrected chi connectivity index (χ1v) is 7.76. The average Bonchev–Trinajstić information content (AvgIpc) is 3.03. The molecule has 128 valence electrons. The van der Waals surface area contributed by atoms with Crippen molar-refractivity contribution in [1.29, 1.82) is 0 Å². The molecule has 0 bridgehead atoms. The highest BCUT2D eigenvalue weighted by atomic mass is 16.2. The van der Waals surface area contributed by atoms with Crippen LogP contribution >= 0.6 is 0 Å². The highest BCUT2D eigenvalue weighted by Gasteiger charge is 2.18. The molecule has 0 saturated heterocycles. The Bertz CT molecular complexity index is 731. The molecule has 2 amide bonds. The number of aromatic nitrogens is 2. The summed E-state index contributed by atoms with van der Waals surface area (Å²) < 4.78 is 1.72. The molecule has 4 N–H and O–H groups in total. The molecule has 0 aliphatic rings.